The van der Waals surface area contributed by atoms with Crippen LogP contribution in [0, 0.1) is 0 Å². The number of phenolic OH excluding ortho intramolecular Hbond substituents is 1. The van der Waals surface area contributed by atoms with Gasteiger partial charge in [-0.2, -0.15) is 17.8 Å². The van der Waals surface area contributed by atoms with Crippen molar-refractivity contribution in [3.05, 3.63) is 77.9 Å². The maximum atomic E-state index is 14.0. The summed E-state index contributed by atoms with van der Waals surface area (Å²) in [4.78, 5) is 27.0. The lowest BCUT2D eigenvalue weighted by Crippen LogP contribution is -2.56. The second-order valence-corrected chi connectivity index (χ2v) is 13.0. The lowest BCUT2D eigenvalue weighted by atomic mass is 10.0. The second kappa shape index (κ2) is 12.5. The van der Waals surface area contributed by atoms with Crippen LogP contribution in [-0.2, 0) is 27.9 Å². The molecular formula is C31H36N4O8S+2. The Morgan fingerprint density at radius 3 is 2.41 bits per heavy atom. The molecule has 3 aromatic carbocycles. The zero-order valence-corrected chi connectivity index (χ0v) is 25.4. The van der Waals surface area contributed by atoms with E-state index >= 15 is 0 Å². The maximum Gasteiger partial charge on any atom is 0.496 e. The molecule has 1 fully saturated rings. The number of anilines is 1. The molecule has 0 aliphatic carbocycles. The summed E-state index contributed by atoms with van der Waals surface area (Å²) in [7, 11) is -1.60. The van der Waals surface area contributed by atoms with Crippen LogP contribution in [0.1, 0.15) is 24.0 Å². The van der Waals surface area contributed by atoms with Crippen LogP contribution in [0.15, 0.2) is 66.7 Å². The molecule has 232 valence electrons. The topological polar surface area (TPSA) is 157 Å². The monoisotopic (exact) mass is 624 g/mol. The molecule has 0 saturated carbocycles. The lowest BCUT2D eigenvalue weighted by molar-refractivity contribution is -0.918. The molecule has 0 radical (unpaired) electrons. The average molecular weight is 625 g/mol. The molecule has 5 rings (SSSR count). The number of hydrogen-bond acceptors (Lipinski definition) is 8. The standard InChI is InChI=1S/C31H34N4O8S/c1-35(18-22-7-14-28-29(17-22)42-20-41-28)15-3-4-24(19-35)34(27(30(32)37)16-21-5-10-25(36)11-6-21)31(38)33-23-8-12-26(13-9-23)43-44(2,39)40/h5-14,17,27H,3-4,15-16,18-20H2,1-2H3,(H2-2,32,33,36,37,38)/p+2/b34-24+/t27-,35?/m0/s1. The summed E-state index contributed by atoms with van der Waals surface area (Å²) in [5.74, 6) is 0.920. The number of carbonyl (C=O) groups is 2. The van der Waals surface area contributed by atoms with E-state index in [0.717, 1.165) is 36.1 Å². The van der Waals surface area contributed by atoms with E-state index in [-0.39, 0.29) is 24.7 Å². The fourth-order valence-electron chi connectivity index (χ4n) is 5.71. The minimum absolute atomic E-state index is 0.0838. The summed E-state index contributed by atoms with van der Waals surface area (Å²) in [5, 5.41) is 12.6. The van der Waals surface area contributed by atoms with Gasteiger partial charge in [0.15, 0.2) is 17.5 Å². The van der Waals surface area contributed by atoms with Gasteiger partial charge >= 0.3 is 16.1 Å². The van der Waals surface area contributed by atoms with E-state index in [1.165, 1.54) is 41.0 Å². The Balaban J connectivity index is 1.47. The highest BCUT2D eigenvalue weighted by atomic mass is 32.2. The first-order valence-electron chi connectivity index (χ1n) is 14.1. The smallest absolute Gasteiger partial charge is 0.496 e. The van der Waals surface area contributed by atoms with E-state index < -0.39 is 28.1 Å². The molecule has 0 bridgehead atoms. The van der Waals surface area contributed by atoms with Crippen molar-refractivity contribution in [3.8, 4) is 23.0 Å². The largest absolute Gasteiger partial charge is 0.508 e. The van der Waals surface area contributed by atoms with Crippen LogP contribution in [0.4, 0.5) is 10.5 Å². The number of piperidine rings is 1. The summed E-state index contributed by atoms with van der Waals surface area (Å²) < 4.78 is 40.9. The molecule has 2 aliphatic heterocycles. The van der Waals surface area contributed by atoms with Crippen molar-refractivity contribution >= 4 is 33.5 Å². The Morgan fingerprint density at radius 2 is 1.73 bits per heavy atom. The summed E-state index contributed by atoms with van der Waals surface area (Å²) in [6.07, 6.45) is 2.45. The number of phenols is 1. The van der Waals surface area contributed by atoms with E-state index in [1.807, 2.05) is 18.2 Å². The number of nitrogens with zero attached hydrogens (tertiary/aromatic N) is 2. The van der Waals surface area contributed by atoms with Crippen molar-refractivity contribution in [1.29, 1.82) is 0 Å². The number of urea groups is 1. The minimum Gasteiger partial charge on any atom is -0.508 e. The first kappa shape index (κ1) is 30.8. The van der Waals surface area contributed by atoms with Crippen molar-refractivity contribution in [3.63, 3.8) is 0 Å². The third-order valence-electron chi connectivity index (χ3n) is 7.65. The Kier molecular flexibility index (Phi) is 8.79. The van der Waals surface area contributed by atoms with Crippen LogP contribution in [-0.4, -0.2) is 79.5 Å². The highest BCUT2D eigenvalue weighted by Crippen LogP contribution is 2.34. The maximum absolute atomic E-state index is 14.0. The Hall–Kier alpha value is -4.62. The molecule has 2 aliphatic rings. The zero-order chi connectivity index (χ0) is 31.5. The molecule has 3 amide bonds. The predicted molar refractivity (Wildman–Crippen MR) is 162 cm³/mol. The second-order valence-electron chi connectivity index (χ2n) is 11.4. The summed E-state index contributed by atoms with van der Waals surface area (Å²) in [6, 6.07) is 16.6. The zero-order valence-electron chi connectivity index (χ0n) is 24.6. The van der Waals surface area contributed by atoms with Gasteiger partial charge in [-0.1, -0.05) is 12.1 Å². The van der Waals surface area contributed by atoms with Crippen molar-refractivity contribution in [2.24, 2.45) is 5.73 Å². The van der Waals surface area contributed by atoms with Crippen LogP contribution in [0.5, 0.6) is 23.0 Å². The number of carbonyl (C=O) groups excluding carboxylic acids is 2. The number of fused-ring (bicyclic) bond motifs is 1. The normalized spacial score (nSPS) is 19.6. The molecule has 2 atom stereocenters. The molecule has 3 aromatic rings. The van der Waals surface area contributed by atoms with E-state index in [0.29, 0.717) is 41.2 Å². The number of rotatable bonds is 9. The van der Waals surface area contributed by atoms with Crippen molar-refractivity contribution < 1.29 is 45.8 Å². The first-order valence-corrected chi connectivity index (χ1v) is 15.9. The number of hydrogen-bond donors (Lipinski definition) is 3. The molecule has 12 nitrogen and oxygen atoms in total. The minimum atomic E-state index is -3.71. The van der Waals surface area contributed by atoms with Gasteiger partial charge in [0.1, 0.15) is 36.0 Å². The van der Waals surface area contributed by atoms with Gasteiger partial charge in [0.2, 0.25) is 6.79 Å². The molecular weight excluding hydrogens is 588 g/mol. The SMILES string of the molecule is C[N+]1(Cc2ccc3c(c2)OCO3)CCC/C(=[N+](\C(=O)Nc2ccc(OS(C)(=O)=O)cc2)[C@@H](Cc2ccc(O)cc2)C(N)=O)C1. The molecule has 4 N–H and O–H groups in total. The average Bonchev–Trinajstić information content (AvgIpc) is 3.42. The highest BCUT2D eigenvalue weighted by Gasteiger charge is 2.39. The quantitative estimate of drug-likeness (QED) is 0.186. The van der Waals surface area contributed by atoms with Gasteiger partial charge in [0.05, 0.1) is 19.8 Å². The van der Waals surface area contributed by atoms with Crippen LogP contribution < -0.4 is 24.7 Å². The molecule has 2 heterocycles. The van der Waals surface area contributed by atoms with Gasteiger partial charge in [0.25, 0.3) is 5.91 Å². The Labute approximate surface area is 256 Å². The van der Waals surface area contributed by atoms with Crippen molar-refractivity contribution in [2.75, 3.05) is 38.5 Å². The number of benzene rings is 3. The number of ether oxygens (including phenoxy) is 2. The number of amides is 3. The number of likely N-dealkylation sites (tertiary alicyclic amines) is 1. The molecule has 44 heavy (non-hydrogen) atoms. The fraction of sp³-hybridized carbons (Fsp3) is 0.323. The van der Waals surface area contributed by atoms with Gasteiger partial charge in [0, 0.05) is 24.8 Å². The molecule has 1 unspecified atom stereocenters. The van der Waals surface area contributed by atoms with Gasteiger partial charge < -0.3 is 29.0 Å². The number of quaternary nitrogens is 1. The van der Waals surface area contributed by atoms with Crippen LogP contribution in [0.2, 0.25) is 0 Å². The Morgan fingerprint density at radius 1 is 1.05 bits per heavy atom. The third-order valence-corrected chi connectivity index (χ3v) is 8.14. The van der Waals surface area contributed by atoms with Gasteiger partial charge in [-0.25, -0.2) is 5.32 Å². The summed E-state index contributed by atoms with van der Waals surface area (Å²) >= 11 is 0. The fourth-order valence-corrected chi connectivity index (χ4v) is 6.17. The number of nitrogens with two attached hydrogens (primary N) is 1. The van der Waals surface area contributed by atoms with Crippen LogP contribution in [0.3, 0.4) is 0 Å². The molecule has 0 aromatic heterocycles. The summed E-state index contributed by atoms with van der Waals surface area (Å²) in [5.41, 5.74) is 8.87. The van der Waals surface area contributed by atoms with E-state index in [2.05, 4.69) is 12.4 Å². The molecule has 1 saturated heterocycles. The summed E-state index contributed by atoms with van der Waals surface area (Å²) in [6.45, 7) is 2.20. The van der Waals surface area contributed by atoms with Gasteiger partial charge in [-0.3, -0.25) is 4.79 Å². The van der Waals surface area contributed by atoms with Crippen LogP contribution >= 0.6 is 0 Å². The predicted octanol–water partition coefficient (Wildman–Crippen LogP) is 2.98. The highest BCUT2D eigenvalue weighted by molar-refractivity contribution is 7.86. The number of primary amides is 1. The third kappa shape index (κ3) is 7.66. The van der Waals surface area contributed by atoms with E-state index in [1.54, 1.807) is 12.1 Å². The molecule has 13 heteroatoms. The van der Waals surface area contributed by atoms with Crippen molar-refractivity contribution in [1.82, 2.24) is 0 Å². The first-order chi connectivity index (χ1) is 20.9. The van der Waals surface area contributed by atoms with E-state index in [4.69, 9.17) is 19.4 Å². The van der Waals surface area contributed by atoms with Crippen molar-refractivity contribution in [2.45, 2.75) is 31.8 Å². The van der Waals surface area contributed by atoms with Gasteiger partial charge in [-0.05, 0) is 60.2 Å². The number of aromatic hydroxyl groups is 1. The number of nitrogens with one attached hydrogen (secondary N) is 1. The lowest BCUT2D eigenvalue weighted by Gasteiger charge is -2.38. The van der Waals surface area contributed by atoms with Gasteiger partial charge in [-0.15, -0.1) is 0 Å². The van der Waals surface area contributed by atoms with E-state index in [9.17, 15) is 23.1 Å². The molecule has 0 spiro atoms. The van der Waals surface area contributed by atoms with Crippen LogP contribution in [0.25, 0.3) is 0 Å². The Bertz CT molecular complexity index is 1690.